The lowest BCUT2D eigenvalue weighted by atomic mass is 9.68. The zero-order valence-corrected chi connectivity index (χ0v) is 20.9. The first-order chi connectivity index (χ1) is 13.3. The molecule has 1 rings (SSSR count). The van der Waals surface area contributed by atoms with Gasteiger partial charge in [-0.2, -0.15) is 0 Å². The summed E-state index contributed by atoms with van der Waals surface area (Å²) in [6.45, 7) is 19.6. The predicted molar refractivity (Wildman–Crippen MR) is 119 cm³/mol. The van der Waals surface area contributed by atoms with Crippen molar-refractivity contribution < 1.29 is 19.1 Å². The molecule has 0 spiro atoms. The van der Waals surface area contributed by atoms with Gasteiger partial charge in [-0.3, -0.25) is 19.3 Å². The first kappa shape index (κ1) is 26.6. The van der Waals surface area contributed by atoms with E-state index in [9.17, 15) is 14.4 Å². The molecule has 7 heteroatoms. The molecule has 7 nitrogen and oxygen atoms in total. The van der Waals surface area contributed by atoms with Gasteiger partial charge in [0.05, 0.1) is 5.60 Å². The van der Waals surface area contributed by atoms with Gasteiger partial charge in [0.2, 0.25) is 17.7 Å². The number of nitrogens with one attached hydrogen (secondary N) is 2. The van der Waals surface area contributed by atoms with E-state index in [0.29, 0.717) is 6.42 Å². The molecule has 30 heavy (non-hydrogen) atoms. The van der Waals surface area contributed by atoms with E-state index in [1.54, 1.807) is 6.92 Å². The largest absolute Gasteiger partial charge is 0.351 e. The van der Waals surface area contributed by atoms with E-state index in [0.717, 1.165) is 0 Å². The molecule has 0 bridgehead atoms. The van der Waals surface area contributed by atoms with Crippen molar-refractivity contribution in [1.82, 2.24) is 15.5 Å². The Morgan fingerprint density at radius 1 is 0.933 bits per heavy atom. The number of amides is 3. The number of ether oxygens (including phenoxy) is 1. The van der Waals surface area contributed by atoms with E-state index in [1.165, 1.54) is 11.8 Å². The molecule has 0 aromatic heterocycles. The zero-order valence-electron chi connectivity index (χ0n) is 20.9. The highest BCUT2D eigenvalue weighted by atomic mass is 16.5. The third-order valence-electron chi connectivity index (χ3n) is 6.49. The molecule has 0 saturated carbocycles. The van der Waals surface area contributed by atoms with Crippen LogP contribution in [0.25, 0.3) is 0 Å². The number of likely N-dealkylation sites (tertiary alicyclic amines) is 1. The molecule has 1 saturated heterocycles. The number of nitrogens with zero attached hydrogens (tertiary/aromatic N) is 1. The number of carbonyl (C=O) groups excluding carboxylic acids is 3. The summed E-state index contributed by atoms with van der Waals surface area (Å²) in [5.74, 6) is -0.629. The van der Waals surface area contributed by atoms with Crippen LogP contribution in [0.4, 0.5) is 0 Å². The van der Waals surface area contributed by atoms with E-state index < -0.39 is 16.9 Å². The average Bonchev–Trinajstić information content (AvgIpc) is 2.82. The minimum atomic E-state index is -1.18. The molecule has 174 valence electrons. The number of rotatable bonds is 10. The summed E-state index contributed by atoms with van der Waals surface area (Å²) in [5, 5.41) is 6.29. The molecule has 1 aliphatic rings. The van der Waals surface area contributed by atoms with E-state index in [2.05, 4.69) is 38.3 Å². The SMILES string of the molecule is CNC(C)(C)C(C)(C)CC(C)(C)OC(C)(CC(C)(C)NC(C)=O)N1C(=O)CCC1=O. The summed E-state index contributed by atoms with van der Waals surface area (Å²) >= 11 is 0. The van der Waals surface area contributed by atoms with Crippen molar-refractivity contribution in [2.45, 2.75) is 117 Å². The fraction of sp³-hybridized carbons (Fsp3) is 0.870. The van der Waals surface area contributed by atoms with Crippen molar-refractivity contribution in [3.63, 3.8) is 0 Å². The van der Waals surface area contributed by atoms with Crippen LogP contribution in [0.3, 0.4) is 0 Å². The Morgan fingerprint density at radius 2 is 1.40 bits per heavy atom. The van der Waals surface area contributed by atoms with E-state index in [4.69, 9.17) is 4.74 Å². The van der Waals surface area contributed by atoms with Gasteiger partial charge in [-0.15, -0.1) is 0 Å². The molecule has 0 aromatic carbocycles. The highest BCUT2D eigenvalue weighted by Crippen LogP contribution is 2.43. The Morgan fingerprint density at radius 3 is 1.80 bits per heavy atom. The third-order valence-corrected chi connectivity index (χ3v) is 6.49. The van der Waals surface area contributed by atoms with Gasteiger partial charge >= 0.3 is 0 Å². The van der Waals surface area contributed by atoms with Crippen molar-refractivity contribution in [3.05, 3.63) is 0 Å². The van der Waals surface area contributed by atoms with E-state index in [-0.39, 0.29) is 47.9 Å². The van der Waals surface area contributed by atoms with Gasteiger partial charge in [-0.25, -0.2) is 0 Å². The number of imide groups is 1. The van der Waals surface area contributed by atoms with Crippen LogP contribution >= 0.6 is 0 Å². The van der Waals surface area contributed by atoms with Crippen molar-refractivity contribution in [2.75, 3.05) is 7.05 Å². The van der Waals surface area contributed by atoms with Crippen LogP contribution < -0.4 is 10.6 Å². The molecule has 1 aliphatic heterocycles. The Bertz CT molecular complexity index is 666. The monoisotopic (exact) mass is 425 g/mol. The molecule has 3 amide bonds. The molecular weight excluding hydrogens is 382 g/mol. The lowest BCUT2D eigenvalue weighted by Gasteiger charge is -2.50. The summed E-state index contributed by atoms with van der Waals surface area (Å²) in [4.78, 5) is 38.3. The van der Waals surface area contributed by atoms with Gasteiger partial charge in [0.15, 0.2) is 5.72 Å². The second-order valence-electron chi connectivity index (χ2n) is 11.3. The van der Waals surface area contributed by atoms with Gasteiger partial charge in [-0.05, 0) is 67.3 Å². The lowest BCUT2D eigenvalue weighted by molar-refractivity contribution is -0.222. The van der Waals surface area contributed by atoms with E-state index >= 15 is 0 Å². The maximum atomic E-state index is 12.6. The molecule has 2 N–H and O–H groups in total. The molecular formula is C23H43N3O4. The second kappa shape index (κ2) is 8.58. The molecule has 0 aromatic rings. The van der Waals surface area contributed by atoms with Gasteiger partial charge < -0.3 is 15.4 Å². The van der Waals surface area contributed by atoms with Crippen LogP contribution in [0.5, 0.6) is 0 Å². The standard InChI is InChI=1S/C23H43N3O4/c1-16(27)25-20(4,5)15-23(10,26-17(28)12-13-18(26)29)30-21(6,7)14-19(2,3)22(8,9)24-11/h24H,12-15H2,1-11H3,(H,25,27). The smallest absolute Gasteiger partial charge is 0.232 e. The van der Waals surface area contributed by atoms with Gasteiger partial charge in [-0.1, -0.05) is 13.8 Å². The van der Waals surface area contributed by atoms with Crippen LogP contribution in [0.1, 0.15) is 94.9 Å². The number of hydrogen-bond donors (Lipinski definition) is 2. The minimum absolute atomic E-state index is 0.141. The third kappa shape index (κ3) is 6.27. The quantitative estimate of drug-likeness (QED) is 0.524. The van der Waals surface area contributed by atoms with Crippen molar-refractivity contribution in [3.8, 4) is 0 Å². The lowest BCUT2D eigenvalue weighted by Crippen LogP contribution is -2.61. The highest BCUT2D eigenvalue weighted by Gasteiger charge is 2.51. The van der Waals surface area contributed by atoms with Gasteiger partial charge in [0, 0.05) is 37.3 Å². The molecule has 0 radical (unpaired) electrons. The fourth-order valence-electron chi connectivity index (χ4n) is 4.86. The number of carbonyl (C=O) groups is 3. The molecule has 1 atom stereocenters. The summed E-state index contributed by atoms with van der Waals surface area (Å²) in [7, 11) is 1.94. The molecule has 1 heterocycles. The molecule has 1 fully saturated rings. The Labute approximate surface area is 182 Å². The Hall–Kier alpha value is -1.47. The zero-order chi connectivity index (χ0) is 23.8. The normalized spacial score (nSPS) is 18.6. The van der Waals surface area contributed by atoms with Crippen molar-refractivity contribution in [1.29, 1.82) is 0 Å². The van der Waals surface area contributed by atoms with E-state index in [1.807, 2.05) is 34.7 Å². The first-order valence-corrected chi connectivity index (χ1v) is 10.8. The van der Waals surface area contributed by atoms with Crippen molar-refractivity contribution >= 4 is 17.7 Å². The van der Waals surface area contributed by atoms with Crippen LogP contribution in [0.2, 0.25) is 0 Å². The van der Waals surface area contributed by atoms with Crippen LogP contribution in [-0.2, 0) is 19.1 Å². The first-order valence-electron chi connectivity index (χ1n) is 10.8. The predicted octanol–water partition coefficient (Wildman–Crippen LogP) is 3.37. The summed E-state index contributed by atoms with van der Waals surface area (Å²) in [6, 6.07) is 0. The second-order valence-corrected chi connectivity index (χ2v) is 11.3. The molecule has 1 unspecified atom stereocenters. The maximum absolute atomic E-state index is 12.6. The Balaban J connectivity index is 3.30. The number of hydrogen-bond acceptors (Lipinski definition) is 5. The minimum Gasteiger partial charge on any atom is -0.351 e. The summed E-state index contributed by atoms with van der Waals surface area (Å²) in [6.07, 6.45) is 1.37. The average molecular weight is 426 g/mol. The maximum Gasteiger partial charge on any atom is 0.232 e. The van der Waals surface area contributed by atoms with Crippen LogP contribution in [0, 0.1) is 5.41 Å². The van der Waals surface area contributed by atoms with Crippen molar-refractivity contribution in [2.24, 2.45) is 5.41 Å². The Kier molecular flexibility index (Phi) is 7.60. The molecule has 0 aliphatic carbocycles. The van der Waals surface area contributed by atoms with Gasteiger partial charge in [0.1, 0.15) is 0 Å². The topological polar surface area (TPSA) is 87.7 Å². The van der Waals surface area contributed by atoms with Gasteiger partial charge in [0.25, 0.3) is 0 Å². The summed E-state index contributed by atoms with van der Waals surface area (Å²) < 4.78 is 6.65. The van der Waals surface area contributed by atoms with Crippen LogP contribution in [0.15, 0.2) is 0 Å². The fourth-order valence-corrected chi connectivity index (χ4v) is 4.86. The summed E-state index contributed by atoms with van der Waals surface area (Å²) in [5.41, 5.74) is -2.78. The van der Waals surface area contributed by atoms with Crippen LogP contribution in [-0.4, -0.2) is 52.1 Å². The highest BCUT2D eigenvalue weighted by molar-refractivity contribution is 6.02.